The van der Waals surface area contributed by atoms with E-state index in [1.165, 1.54) is 0 Å². The normalized spacial score (nSPS) is 13.8. The molecule has 0 heterocycles. The molecule has 0 saturated carbocycles. The van der Waals surface area contributed by atoms with Gasteiger partial charge in [0.2, 0.25) is 0 Å². The van der Waals surface area contributed by atoms with E-state index in [1.807, 2.05) is 6.92 Å². The van der Waals surface area contributed by atoms with Crippen molar-refractivity contribution in [3.8, 4) is 0 Å². The van der Waals surface area contributed by atoms with Gasteiger partial charge in [-0.3, -0.25) is 4.79 Å². The van der Waals surface area contributed by atoms with E-state index in [0.29, 0.717) is 19.6 Å². The lowest BCUT2D eigenvalue weighted by molar-refractivity contribution is -0.147. The van der Waals surface area contributed by atoms with Crippen molar-refractivity contribution in [2.24, 2.45) is 5.41 Å². The molecule has 0 aromatic rings. The van der Waals surface area contributed by atoms with E-state index in [9.17, 15) is 4.79 Å². The third-order valence-electron chi connectivity index (χ3n) is 2.58. The molecule has 4 nitrogen and oxygen atoms in total. The molecule has 0 fully saturated rings. The molecule has 0 aromatic heterocycles. The molecule has 4 heteroatoms. The van der Waals surface area contributed by atoms with Gasteiger partial charge in [0.1, 0.15) is 0 Å². The highest BCUT2D eigenvalue weighted by atomic mass is 16.5. The summed E-state index contributed by atoms with van der Waals surface area (Å²) in [4.78, 5) is 10.8. The highest BCUT2D eigenvalue weighted by Gasteiger charge is 2.25. The fourth-order valence-electron chi connectivity index (χ4n) is 1.34. The minimum atomic E-state index is -0.735. The summed E-state index contributed by atoms with van der Waals surface area (Å²) in [6.07, 6.45) is 2.56. The fraction of sp³-hybridized carbons (Fsp3) is 0.917. The van der Waals surface area contributed by atoms with Crippen LogP contribution in [0.1, 0.15) is 40.0 Å². The van der Waals surface area contributed by atoms with Gasteiger partial charge in [0.15, 0.2) is 0 Å². The van der Waals surface area contributed by atoms with Crippen molar-refractivity contribution >= 4 is 5.97 Å². The summed E-state index contributed by atoms with van der Waals surface area (Å²) in [5, 5.41) is 8.91. The molecule has 0 radical (unpaired) electrons. The van der Waals surface area contributed by atoms with Gasteiger partial charge in [-0.25, -0.2) is 0 Å². The minimum absolute atomic E-state index is 0.109. The Morgan fingerprint density at radius 2 is 2.00 bits per heavy atom. The van der Waals surface area contributed by atoms with Gasteiger partial charge in [0, 0.05) is 13.7 Å². The molecule has 0 aromatic carbocycles. The Kier molecular flexibility index (Phi) is 7.34. The summed E-state index contributed by atoms with van der Waals surface area (Å²) >= 11 is 0. The van der Waals surface area contributed by atoms with Gasteiger partial charge in [-0.15, -0.1) is 0 Å². The molecule has 0 spiro atoms. The smallest absolute Gasteiger partial charge is 0.309 e. The first-order valence-electron chi connectivity index (χ1n) is 5.74. The zero-order valence-corrected chi connectivity index (χ0v) is 10.8. The fourth-order valence-corrected chi connectivity index (χ4v) is 1.34. The molecule has 96 valence electrons. The maximum Gasteiger partial charge on any atom is 0.309 e. The number of carboxylic acids is 1. The number of hydrogen-bond acceptors (Lipinski definition) is 3. The largest absolute Gasteiger partial charge is 0.481 e. The van der Waals surface area contributed by atoms with Crippen molar-refractivity contribution in [3.63, 3.8) is 0 Å². The molecule has 1 N–H and O–H groups in total. The number of methoxy groups -OCH3 is 1. The molecule has 0 saturated heterocycles. The second-order valence-electron chi connectivity index (χ2n) is 4.78. The van der Waals surface area contributed by atoms with Crippen molar-refractivity contribution in [1.29, 1.82) is 0 Å². The lowest BCUT2D eigenvalue weighted by atomic mass is 9.87. The van der Waals surface area contributed by atoms with Crippen LogP contribution in [-0.2, 0) is 14.3 Å². The molecular formula is C12H24O4. The summed E-state index contributed by atoms with van der Waals surface area (Å²) in [5.41, 5.74) is -0.627. The SMILES string of the molecule is COCC(C)OCCCCC(C)(C)C(=O)O. The second kappa shape index (κ2) is 7.63. The van der Waals surface area contributed by atoms with Gasteiger partial charge in [0.05, 0.1) is 18.1 Å². The van der Waals surface area contributed by atoms with Crippen LogP contribution in [0.3, 0.4) is 0 Å². The van der Waals surface area contributed by atoms with Crippen LogP contribution in [0.4, 0.5) is 0 Å². The standard InChI is InChI=1S/C12H24O4/c1-10(9-15-4)16-8-6-5-7-12(2,3)11(13)14/h10H,5-9H2,1-4H3,(H,13,14). The first-order valence-corrected chi connectivity index (χ1v) is 5.74. The molecule has 0 rings (SSSR count). The number of carboxylic acid groups (broad SMARTS) is 1. The molecule has 0 aliphatic rings. The zero-order valence-electron chi connectivity index (χ0n) is 10.8. The van der Waals surface area contributed by atoms with Gasteiger partial charge in [-0.1, -0.05) is 6.42 Å². The van der Waals surface area contributed by atoms with Crippen molar-refractivity contribution in [2.45, 2.75) is 46.1 Å². The summed E-state index contributed by atoms with van der Waals surface area (Å²) in [5.74, 6) is -0.735. The predicted octanol–water partition coefficient (Wildman–Crippen LogP) is 2.32. The van der Waals surface area contributed by atoms with Gasteiger partial charge in [0.25, 0.3) is 0 Å². The molecule has 16 heavy (non-hydrogen) atoms. The summed E-state index contributed by atoms with van der Waals surface area (Å²) in [6.45, 7) is 6.74. The van der Waals surface area contributed by atoms with Crippen LogP contribution in [0, 0.1) is 5.41 Å². The number of hydrogen-bond donors (Lipinski definition) is 1. The van der Waals surface area contributed by atoms with Crippen LogP contribution in [0.5, 0.6) is 0 Å². The average Bonchev–Trinajstić information content (AvgIpc) is 2.17. The van der Waals surface area contributed by atoms with Crippen LogP contribution < -0.4 is 0 Å². The van der Waals surface area contributed by atoms with Gasteiger partial charge < -0.3 is 14.6 Å². The van der Waals surface area contributed by atoms with E-state index in [0.717, 1.165) is 12.8 Å². The molecular weight excluding hydrogens is 208 g/mol. The van der Waals surface area contributed by atoms with Crippen LogP contribution in [0.25, 0.3) is 0 Å². The van der Waals surface area contributed by atoms with E-state index in [2.05, 4.69) is 0 Å². The molecule has 1 unspecified atom stereocenters. The van der Waals surface area contributed by atoms with Gasteiger partial charge in [-0.2, -0.15) is 0 Å². The van der Waals surface area contributed by atoms with E-state index >= 15 is 0 Å². The first kappa shape index (κ1) is 15.4. The van der Waals surface area contributed by atoms with Crippen molar-refractivity contribution < 1.29 is 19.4 Å². The zero-order chi connectivity index (χ0) is 12.6. The molecule has 0 bridgehead atoms. The Labute approximate surface area is 97.9 Å². The van der Waals surface area contributed by atoms with Crippen molar-refractivity contribution in [2.75, 3.05) is 20.3 Å². The topological polar surface area (TPSA) is 55.8 Å². The highest BCUT2D eigenvalue weighted by Crippen LogP contribution is 2.23. The maximum absolute atomic E-state index is 10.8. The highest BCUT2D eigenvalue weighted by molar-refractivity contribution is 5.73. The minimum Gasteiger partial charge on any atom is -0.481 e. The number of rotatable bonds is 9. The van der Waals surface area contributed by atoms with Crippen LogP contribution >= 0.6 is 0 Å². The maximum atomic E-state index is 10.8. The summed E-state index contributed by atoms with van der Waals surface area (Å²) < 4.78 is 10.4. The average molecular weight is 232 g/mol. The van der Waals surface area contributed by atoms with Crippen LogP contribution in [-0.4, -0.2) is 37.5 Å². The molecule has 0 aliphatic heterocycles. The van der Waals surface area contributed by atoms with E-state index in [4.69, 9.17) is 14.6 Å². The van der Waals surface area contributed by atoms with Gasteiger partial charge >= 0.3 is 5.97 Å². The lowest BCUT2D eigenvalue weighted by Crippen LogP contribution is -2.23. The van der Waals surface area contributed by atoms with E-state index in [1.54, 1.807) is 21.0 Å². The Morgan fingerprint density at radius 3 is 2.50 bits per heavy atom. The number of ether oxygens (including phenoxy) is 2. The Hall–Kier alpha value is -0.610. The molecule has 0 amide bonds. The predicted molar refractivity (Wildman–Crippen MR) is 62.6 cm³/mol. The second-order valence-corrected chi connectivity index (χ2v) is 4.78. The van der Waals surface area contributed by atoms with E-state index in [-0.39, 0.29) is 6.10 Å². The monoisotopic (exact) mass is 232 g/mol. The van der Waals surface area contributed by atoms with Gasteiger partial charge in [-0.05, 0) is 33.6 Å². The van der Waals surface area contributed by atoms with Crippen molar-refractivity contribution in [1.82, 2.24) is 0 Å². The number of aliphatic carboxylic acids is 1. The third kappa shape index (κ3) is 6.80. The Bertz CT molecular complexity index is 201. The van der Waals surface area contributed by atoms with Crippen LogP contribution in [0.2, 0.25) is 0 Å². The Balaban J connectivity index is 3.50. The number of unbranched alkanes of at least 4 members (excludes halogenated alkanes) is 1. The molecule has 1 atom stereocenters. The first-order chi connectivity index (χ1) is 7.40. The quantitative estimate of drug-likeness (QED) is 0.620. The third-order valence-corrected chi connectivity index (χ3v) is 2.58. The van der Waals surface area contributed by atoms with Crippen LogP contribution in [0.15, 0.2) is 0 Å². The molecule has 0 aliphatic carbocycles. The van der Waals surface area contributed by atoms with Crippen molar-refractivity contribution in [3.05, 3.63) is 0 Å². The number of carbonyl (C=O) groups is 1. The summed E-state index contributed by atoms with van der Waals surface area (Å²) in [7, 11) is 1.65. The lowest BCUT2D eigenvalue weighted by Gasteiger charge is -2.18. The summed E-state index contributed by atoms with van der Waals surface area (Å²) in [6, 6.07) is 0. The Morgan fingerprint density at radius 1 is 1.38 bits per heavy atom. The van der Waals surface area contributed by atoms with E-state index < -0.39 is 11.4 Å².